The van der Waals surface area contributed by atoms with E-state index in [0.717, 1.165) is 6.07 Å². The minimum absolute atomic E-state index is 0.321. The van der Waals surface area contributed by atoms with Gasteiger partial charge >= 0.3 is 5.97 Å². The number of hydrogen-bond acceptors (Lipinski definition) is 4. The van der Waals surface area contributed by atoms with Crippen LogP contribution in [0.3, 0.4) is 0 Å². The first-order valence-electron chi connectivity index (χ1n) is 6.10. The minimum atomic E-state index is -4.42. The van der Waals surface area contributed by atoms with Crippen molar-refractivity contribution < 1.29 is 23.9 Å². The fourth-order valence-corrected chi connectivity index (χ4v) is 2.14. The van der Waals surface area contributed by atoms with E-state index >= 15 is 0 Å². The Kier molecular flexibility index (Phi) is 3.49. The smallest absolute Gasteiger partial charge is 0.337 e. The number of esters is 1. The summed E-state index contributed by atoms with van der Waals surface area (Å²) in [6.45, 7) is 0. The van der Waals surface area contributed by atoms with Crippen LogP contribution < -0.4 is 0 Å². The molecule has 0 saturated heterocycles. The Bertz CT molecular complexity index is 799. The van der Waals surface area contributed by atoms with Gasteiger partial charge in [0.1, 0.15) is 0 Å². The number of carbonyl (C=O) groups is 1. The number of carbonyl (C=O) groups excluding carboxylic acids is 1. The van der Waals surface area contributed by atoms with Crippen LogP contribution in [0.2, 0.25) is 0 Å². The molecule has 2 aromatic rings. The topological polar surface area (TPSA) is 80.7 Å². The highest BCUT2D eigenvalue weighted by atomic mass is 32.2. The van der Waals surface area contributed by atoms with E-state index in [1.165, 1.54) is 19.2 Å². The van der Waals surface area contributed by atoms with Crippen LogP contribution in [0.5, 0.6) is 0 Å². The zero-order chi connectivity index (χ0) is 15.6. The fourth-order valence-electron chi connectivity index (χ4n) is 1.69. The minimum Gasteiger partial charge on any atom is -0.465 e. The van der Waals surface area contributed by atoms with Crippen molar-refractivity contribution in [3.63, 3.8) is 0 Å². The zero-order valence-corrected chi connectivity index (χ0v) is 11.3. The second-order valence-corrected chi connectivity index (χ2v) is 5.38. The molecule has 0 spiro atoms. The first-order chi connectivity index (χ1) is 9.82. The Balaban J connectivity index is 2.49. The predicted molar refractivity (Wildman–Crippen MR) is 73.0 cm³/mol. The first-order valence-corrected chi connectivity index (χ1v) is 7.04. The van der Waals surface area contributed by atoms with Crippen molar-refractivity contribution in [3.05, 3.63) is 54.1 Å². The summed E-state index contributed by atoms with van der Waals surface area (Å²) in [6.07, 6.45) is 0. The van der Waals surface area contributed by atoms with Crippen molar-refractivity contribution in [3.8, 4) is 11.1 Å². The molecule has 5 nitrogen and oxygen atoms in total. The molecule has 0 radical (unpaired) electrons. The largest absolute Gasteiger partial charge is 0.465 e. The average molecular weight is 293 g/mol. The van der Waals surface area contributed by atoms with Crippen LogP contribution in [0, 0.1) is 0 Å². The fraction of sp³-hybridized carbons (Fsp3) is 0.0714. The van der Waals surface area contributed by atoms with Gasteiger partial charge in [-0.1, -0.05) is 24.3 Å². The van der Waals surface area contributed by atoms with Crippen molar-refractivity contribution in [2.75, 3.05) is 7.11 Å². The van der Waals surface area contributed by atoms with Crippen LogP contribution in [0.1, 0.15) is 11.7 Å². The van der Waals surface area contributed by atoms with E-state index in [9.17, 15) is 13.2 Å². The maximum atomic E-state index is 11.5. The molecule has 0 amide bonds. The average Bonchev–Trinajstić information content (AvgIpc) is 2.45. The van der Waals surface area contributed by atoms with Gasteiger partial charge < -0.3 is 4.74 Å². The molecule has 1 N–H and O–H groups in total. The van der Waals surface area contributed by atoms with E-state index in [1.54, 1.807) is 24.3 Å². The van der Waals surface area contributed by atoms with Crippen LogP contribution in [-0.4, -0.2) is 26.0 Å². The maximum Gasteiger partial charge on any atom is 0.337 e. The second kappa shape index (κ2) is 5.44. The normalized spacial score (nSPS) is 11.8. The summed E-state index contributed by atoms with van der Waals surface area (Å²) in [5.74, 6) is -0.488. The summed E-state index contributed by atoms with van der Waals surface area (Å²) < 4.78 is 43.4. The molecule has 6 heteroatoms. The Morgan fingerprint density at radius 2 is 1.95 bits per heavy atom. The summed E-state index contributed by atoms with van der Waals surface area (Å²) in [5, 5.41) is 0. The molecule has 0 bridgehead atoms. The van der Waals surface area contributed by atoms with Gasteiger partial charge in [0.25, 0.3) is 10.1 Å². The lowest BCUT2D eigenvalue weighted by Gasteiger charge is -2.05. The maximum absolute atomic E-state index is 11.5. The molecular weight excluding hydrogens is 280 g/mol. The highest BCUT2D eigenvalue weighted by molar-refractivity contribution is 7.85. The molecule has 2 rings (SSSR count). The number of ether oxygens (including phenoxy) is 1. The SMILES string of the molecule is [2H]c1cc(-c2cccc(C(=O)OC)c2)ccc1S(=O)(=O)O. The van der Waals surface area contributed by atoms with Crippen molar-refractivity contribution >= 4 is 16.1 Å². The van der Waals surface area contributed by atoms with E-state index in [2.05, 4.69) is 4.74 Å². The molecule has 0 aliphatic rings. The van der Waals surface area contributed by atoms with Crippen molar-refractivity contribution in [1.82, 2.24) is 0 Å². The van der Waals surface area contributed by atoms with Crippen LogP contribution in [-0.2, 0) is 14.9 Å². The molecule has 20 heavy (non-hydrogen) atoms. The van der Waals surface area contributed by atoms with Gasteiger partial charge in [-0.25, -0.2) is 4.79 Å². The Morgan fingerprint density at radius 1 is 1.20 bits per heavy atom. The summed E-state index contributed by atoms with van der Waals surface area (Å²) in [4.78, 5) is 11.0. The van der Waals surface area contributed by atoms with E-state index < -0.39 is 21.0 Å². The molecule has 0 heterocycles. The van der Waals surface area contributed by atoms with E-state index in [1.807, 2.05) is 0 Å². The molecule has 0 fully saturated rings. The van der Waals surface area contributed by atoms with Crippen LogP contribution >= 0.6 is 0 Å². The summed E-state index contributed by atoms with van der Waals surface area (Å²) in [5.41, 5.74) is 1.53. The highest BCUT2D eigenvalue weighted by Gasteiger charge is 2.10. The van der Waals surface area contributed by atoms with Crippen molar-refractivity contribution in [1.29, 1.82) is 0 Å². The lowest BCUT2D eigenvalue weighted by atomic mass is 10.0. The molecule has 104 valence electrons. The number of hydrogen-bond donors (Lipinski definition) is 1. The Morgan fingerprint density at radius 3 is 2.55 bits per heavy atom. The lowest BCUT2D eigenvalue weighted by molar-refractivity contribution is 0.0601. The summed E-state index contributed by atoms with van der Waals surface area (Å²) >= 11 is 0. The van der Waals surface area contributed by atoms with E-state index in [-0.39, 0.29) is 6.04 Å². The third-order valence-electron chi connectivity index (χ3n) is 2.68. The quantitative estimate of drug-likeness (QED) is 0.694. The molecule has 0 atom stereocenters. The predicted octanol–water partition coefficient (Wildman–Crippen LogP) is 2.39. The molecule has 2 aromatic carbocycles. The summed E-state index contributed by atoms with van der Waals surface area (Å²) in [7, 11) is -3.14. The Hall–Kier alpha value is -2.18. The third kappa shape index (κ3) is 3.04. The number of methoxy groups -OCH3 is 1. The van der Waals surface area contributed by atoms with Gasteiger partial charge in [0.2, 0.25) is 0 Å². The van der Waals surface area contributed by atoms with Gasteiger partial charge in [-0.2, -0.15) is 8.42 Å². The monoisotopic (exact) mass is 293 g/mol. The van der Waals surface area contributed by atoms with Gasteiger partial charge in [0, 0.05) is 0 Å². The standard InChI is InChI=1S/C14H12O5S/c1-19-14(15)12-4-2-3-11(9-12)10-5-7-13(8-6-10)20(16,17)18/h2-9H,1H3,(H,16,17,18)/i7D. The lowest BCUT2D eigenvalue weighted by Crippen LogP contribution is -2.01. The third-order valence-corrected chi connectivity index (χ3v) is 3.49. The Labute approximate surface area is 118 Å². The van der Waals surface area contributed by atoms with E-state index in [4.69, 9.17) is 5.92 Å². The summed E-state index contributed by atoms with van der Waals surface area (Å²) in [6, 6.07) is 10.1. The molecule has 0 aromatic heterocycles. The second-order valence-electron chi connectivity index (χ2n) is 3.99. The van der Waals surface area contributed by atoms with Gasteiger partial charge in [-0.3, -0.25) is 4.55 Å². The highest BCUT2D eigenvalue weighted by Crippen LogP contribution is 2.22. The van der Waals surface area contributed by atoms with Crippen LogP contribution in [0.25, 0.3) is 11.1 Å². The van der Waals surface area contributed by atoms with Gasteiger partial charge in [0.15, 0.2) is 0 Å². The van der Waals surface area contributed by atoms with Crippen molar-refractivity contribution in [2.24, 2.45) is 0 Å². The van der Waals surface area contributed by atoms with Crippen LogP contribution in [0.4, 0.5) is 0 Å². The number of benzene rings is 2. The molecule has 0 unspecified atom stereocenters. The zero-order valence-electron chi connectivity index (χ0n) is 11.5. The van der Waals surface area contributed by atoms with Gasteiger partial charge in [-0.15, -0.1) is 0 Å². The van der Waals surface area contributed by atoms with Gasteiger partial charge in [-0.05, 0) is 35.4 Å². The molecular formula is C14H12O5S. The number of rotatable bonds is 3. The van der Waals surface area contributed by atoms with Gasteiger partial charge in [0.05, 0.1) is 18.9 Å². The molecule has 0 saturated carbocycles. The van der Waals surface area contributed by atoms with E-state index in [0.29, 0.717) is 16.7 Å². The van der Waals surface area contributed by atoms with Crippen LogP contribution in [0.15, 0.2) is 53.4 Å². The first kappa shape index (κ1) is 12.8. The van der Waals surface area contributed by atoms with Crippen molar-refractivity contribution in [2.45, 2.75) is 4.90 Å². The molecule has 0 aliphatic carbocycles. The molecule has 0 aliphatic heterocycles.